The Morgan fingerprint density at radius 3 is 2.51 bits per heavy atom. The molecule has 5 unspecified atom stereocenters. The Morgan fingerprint density at radius 2 is 1.86 bits per heavy atom. The van der Waals surface area contributed by atoms with Crippen LogP contribution in [0.15, 0.2) is 30.5 Å². The van der Waals surface area contributed by atoms with E-state index in [2.05, 4.69) is 15.6 Å². The lowest BCUT2D eigenvalue weighted by atomic mass is 9.98. The van der Waals surface area contributed by atoms with Crippen LogP contribution >= 0.6 is 0 Å². The molecule has 2 aromatic rings. The van der Waals surface area contributed by atoms with E-state index < -0.39 is 42.0 Å². The standard InChI is InChI=1S/C27H39N5O5/c1-5-16(4)22(28)26(35)32-12-8-11-21(32)24(33)31-23(15(2)3)25(34)30-20(27(36)37)13-17-14-29-19-10-7-6-9-18(17)19/h6-7,9-10,14-16,20-23,29H,5,8,11-13,28H2,1-4H3,(H,30,34)(H,31,33)(H,36,37). The molecule has 3 amide bonds. The molecule has 0 saturated carbocycles. The van der Waals surface area contributed by atoms with Crippen molar-refractivity contribution in [3.63, 3.8) is 0 Å². The van der Waals surface area contributed by atoms with Crippen LogP contribution in [0.5, 0.6) is 0 Å². The fraction of sp³-hybridized carbons (Fsp3) is 0.556. The van der Waals surface area contributed by atoms with Crippen molar-refractivity contribution in [2.75, 3.05) is 6.54 Å². The number of hydrogen-bond acceptors (Lipinski definition) is 5. The Hall–Kier alpha value is -3.40. The van der Waals surface area contributed by atoms with E-state index in [0.29, 0.717) is 19.4 Å². The summed E-state index contributed by atoms with van der Waals surface area (Å²) in [5, 5.41) is 16.1. The number of para-hydroxylation sites is 1. The van der Waals surface area contributed by atoms with Crippen molar-refractivity contribution >= 4 is 34.6 Å². The van der Waals surface area contributed by atoms with E-state index in [4.69, 9.17) is 5.73 Å². The van der Waals surface area contributed by atoms with Gasteiger partial charge in [-0.2, -0.15) is 0 Å². The zero-order valence-electron chi connectivity index (χ0n) is 22.0. The van der Waals surface area contributed by atoms with Crippen LogP contribution < -0.4 is 16.4 Å². The van der Waals surface area contributed by atoms with Gasteiger partial charge in [0, 0.05) is 30.1 Å². The van der Waals surface area contributed by atoms with Crippen LogP contribution in [0.2, 0.25) is 0 Å². The molecule has 6 N–H and O–H groups in total. The highest BCUT2D eigenvalue weighted by Gasteiger charge is 2.39. The number of nitrogens with two attached hydrogens (primary N) is 1. The minimum atomic E-state index is -1.18. The SMILES string of the molecule is CCC(C)C(N)C(=O)N1CCCC1C(=O)NC(C(=O)NC(Cc1c[nH]c2ccccc12)C(=O)O)C(C)C. The number of likely N-dealkylation sites (tertiary alicyclic amines) is 1. The minimum absolute atomic E-state index is 0.0175. The molecule has 1 aliphatic rings. The third-order valence-electron chi connectivity index (χ3n) is 7.34. The van der Waals surface area contributed by atoms with Crippen LogP contribution in [0.4, 0.5) is 0 Å². The molecule has 0 spiro atoms. The van der Waals surface area contributed by atoms with Gasteiger partial charge in [0.15, 0.2) is 0 Å². The molecule has 0 bridgehead atoms. The fourth-order valence-corrected chi connectivity index (χ4v) is 4.76. The summed E-state index contributed by atoms with van der Waals surface area (Å²) in [6.45, 7) is 7.85. The van der Waals surface area contributed by atoms with E-state index >= 15 is 0 Å². The number of carbonyl (C=O) groups excluding carboxylic acids is 3. The Morgan fingerprint density at radius 1 is 1.16 bits per heavy atom. The molecule has 1 aromatic heterocycles. The van der Waals surface area contributed by atoms with Gasteiger partial charge >= 0.3 is 5.97 Å². The van der Waals surface area contributed by atoms with Gasteiger partial charge in [-0.05, 0) is 36.3 Å². The largest absolute Gasteiger partial charge is 0.480 e. The number of carbonyl (C=O) groups is 4. The van der Waals surface area contributed by atoms with Gasteiger partial charge in [0.25, 0.3) is 0 Å². The molecule has 1 aliphatic heterocycles. The molecule has 2 heterocycles. The summed E-state index contributed by atoms with van der Waals surface area (Å²) in [6, 6.07) is 3.99. The normalized spacial score (nSPS) is 18.9. The lowest BCUT2D eigenvalue weighted by Gasteiger charge is -2.31. The van der Waals surface area contributed by atoms with Crippen molar-refractivity contribution in [2.45, 2.75) is 77.5 Å². The van der Waals surface area contributed by atoms with Crippen molar-refractivity contribution in [3.8, 4) is 0 Å². The van der Waals surface area contributed by atoms with E-state index in [0.717, 1.165) is 22.9 Å². The third-order valence-corrected chi connectivity index (χ3v) is 7.34. The first-order valence-corrected chi connectivity index (χ1v) is 13.0. The number of H-pyrrole nitrogens is 1. The zero-order chi connectivity index (χ0) is 27.3. The molecule has 202 valence electrons. The van der Waals surface area contributed by atoms with Gasteiger partial charge in [-0.1, -0.05) is 52.3 Å². The van der Waals surface area contributed by atoms with Crippen LogP contribution in [-0.2, 0) is 25.6 Å². The molecular formula is C27H39N5O5. The molecule has 1 fully saturated rings. The summed E-state index contributed by atoms with van der Waals surface area (Å²) in [4.78, 5) is 56.0. The minimum Gasteiger partial charge on any atom is -0.480 e. The van der Waals surface area contributed by atoms with Gasteiger partial charge in [0.05, 0.1) is 6.04 Å². The lowest BCUT2D eigenvalue weighted by Crippen LogP contribution is -2.58. The van der Waals surface area contributed by atoms with Crippen LogP contribution in [0.1, 0.15) is 52.5 Å². The quantitative estimate of drug-likeness (QED) is 0.308. The molecule has 0 aliphatic carbocycles. The predicted octanol–water partition coefficient (Wildman–Crippen LogP) is 1.79. The molecule has 1 saturated heterocycles. The third kappa shape index (κ3) is 6.49. The van der Waals surface area contributed by atoms with Crippen molar-refractivity contribution in [1.29, 1.82) is 0 Å². The molecule has 0 radical (unpaired) electrons. The maximum atomic E-state index is 13.2. The number of benzene rings is 1. The summed E-state index contributed by atoms with van der Waals surface area (Å²) in [6.07, 6.45) is 3.72. The van der Waals surface area contributed by atoms with Crippen molar-refractivity contribution in [2.24, 2.45) is 17.6 Å². The van der Waals surface area contributed by atoms with Gasteiger partial charge in [-0.3, -0.25) is 14.4 Å². The Kier molecular flexibility index (Phi) is 9.31. The van der Waals surface area contributed by atoms with Gasteiger partial charge in [0.2, 0.25) is 17.7 Å². The van der Waals surface area contributed by atoms with Gasteiger partial charge in [-0.25, -0.2) is 4.79 Å². The number of aliphatic carboxylic acids is 1. The van der Waals surface area contributed by atoms with E-state index in [-0.39, 0.29) is 24.2 Å². The number of nitrogens with zero attached hydrogens (tertiary/aromatic N) is 1. The topological polar surface area (TPSA) is 158 Å². The molecular weight excluding hydrogens is 474 g/mol. The second kappa shape index (κ2) is 12.2. The number of amides is 3. The number of aromatic amines is 1. The average molecular weight is 514 g/mol. The fourth-order valence-electron chi connectivity index (χ4n) is 4.76. The van der Waals surface area contributed by atoms with Crippen LogP contribution in [0.3, 0.4) is 0 Å². The number of hydrogen-bond donors (Lipinski definition) is 5. The van der Waals surface area contributed by atoms with Crippen LogP contribution in [0.25, 0.3) is 10.9 Å². The Bertz CT molecular complexity index is 1130. The maximum absolute atomic E-state index is 13.2. The Labute approximate surface area is 217 Å². The smallest absolute Gasteiger partial charge is 0.326 e. The molecule has 10 heteroatoms. The van der Waals surface area contributed by atoms with Gasteiger partial charge < -0.3 is 31.4 Å². The van der Waals surface area contributed by atoms with Gasteiger partial charge in [-0.15, -0.1) is 0 Å². The molecule has 10 nitrogen and oxygen atoms in total. The summed E-state index contributed by atoms with van der Waals surface area (Å²) < 4.78 is 0. The van der Waals surface area contributed by atoms with E-state index in [1.54, 1.807) is 20.0 Å². The average Bonchev–Trinajstić information content (AvgIpc) is 3.52. The first kappa shape index (κ1) is 28.2. The second-order valence-electron chi connectivity index (χ2n) is 10.3. The number of fused-ring (bicyclic) bond motifs is 1. The van der Waals surface area contributed by atoms with Crippen molar-refractivity contribution in [1.82, 2.24) is 20.5 Å². The highest BCUT2D eigenvalue weighted by Crippen LogP contribution is 2.22. The van der Waals surface area contributed by atoms with Crippen molar-refractivity contribution in [3.05, 3.63) is 36.0 Å². The lowest BCUT2D eigenvalue weighted by molar-refractivity contribution is -0.143. The van der Waals surface area contributed by atoms with Gasteiger partial charge in [0.1, 0.15) is 18.1 Å². The number of rotatable bonds is 11. The summed E-state index contributed by atoms with van der Waals surface area (Å²) in [7, 11) is 0. The number of aromatic nitrogens is 1. The summed E-state index contributed by atoms with van der Waals surface area (Å²) in [5.74, 6) is -2.76. The molecule has 3 rings (SSSR count). The summed E-state index contributed by atoms with van der Waals surface area (Å²) >= 11 is 0. The maximum Gasteiger partial charge on any atom is 0.326 e. The van der Waals surface area contributed by atoms with E-state index in [1.165, 1.54) is 4.90 Å². The first-order valence-electron chi connectivity index (χ1n) is 13.0. The number of carboxylic acids is 1. The predicted molar refractivity (Wildman–Crippen MR) is 141 cm³/mol. The highest BCUT2D eigenvalue weighted by atomic mass is 16.4. The highest BCUT2D eigenvalue weighted by molar-refractivity contribution is 5.95. The Balaban J connectivity index is 1.70. The number of carboxylic acid groups (broad SMARTS) is 1. The van der Waals surface area contributed by atoms with Crippen LogP contribution in [0, 0.1) is 11.8 Å². The van der Waals surface area contributed by atoms with Crippen LogP contribution in [-0.4, -0.2) is 69.4 Å². The molecule has 1 aromatic carbocycles. The second-order valence-corrected chi connectivity index (χ2v) is 10.3. The zero-order valence-corrected chi connectivity index (χ0v) is 22.0. The molecule has 37 heavy (non-hydrogen) atoms. The number of nitrogens with one attached hydrogen (secondary N) is 3. The van der Waals surface area contributed by atoms with E-state index in [1.807, 2.05) is 38.1 Å². The van der Waals surface area contributed by atoms with E-state index in [9.17, 15) is 24.3 Å². The summed E-state index contributed by atoms with van der Waals surface area (Å²) in [5.41, 5.74) is 7.79. The molecule has 5 atom stereocenters. The van der Waals surface area contributed by atoms with Crippen molar-refractivity contribution < 1.29 is 24.3 Å². The monoisotopic (exact) mass is 513 g/mol. The first-order chi connectivity index (χ1) is 17.5.